The van der Waals surface area contributed by atoms with E-state index in [0.717, 1.165) is 0 Å². The molecule has 0 amide bonds. The SMILES string of the molecule is N#[C][Cu].O=P(O)(O)OP(=O)(O)O. The third-order valence-electron chi connectivity index (χ3n) is 0.213. The van der Waals surface area contributed by atoms with Gasteiger partial charge in [0.25, 0.3) is 0 Å². The molecule has 0 aliphatic carbocycles. The van der Waals surface area contributed by atoms with E-state index >= 15 is 0 Å². The Labute approximate surface area is 75.5 Å². The monoisotopic (exact) mass is 267 g/mol. The van der Waals surface area contributed by atoms with Crippen LogP contribution in [0.25, 0.3) is 0 Å². The summed E-state index contributed by atoms with van der Waals surface area (Å²) in [6.07, 6.45) is 0. The molecule has 0 radical (unpaired) electrons. The Kier molecular flexibility index (Phi) is 7.19. The van der Waals surface area contributed by atoms with Crippen molar-refractivity contribution in [1.29, 1.82) is 5.26 Å². The van der Waals surface area contributed by atoms with Gasteiger partial charge in [0, 0.05) is 0 Å². The Morgan fingerprint density at radius 3 is 1.33 bits per heavy atom. The Bertz CT molecular complexity index is 225. The van der Waals surface area contributed by atoms with E-state index in [4.69, 9.17) is 24.8 Å². The zero-order chi connectivity index (χ0) is 10.4. The summed E-state index contributed by atoms with van der Waals surface area (Å²) >= 11 is 3.81. The van der Waals surface area contributed by atoms with E-state index in [0.29, 0.717) is 0 Å². The van der Waals surface area contributed by atoms with Gasteiger partial charge in [-0.15, -0.1) is 0 Å². The fourth-order valence-electron chi connectivity index (χ4n) is 0.139. The van der Waals surface area contributed by atoms with Gasteiger partial charge in [-0.2, -0.15) is 4.31 Å². The third-order valence-corrected chi connectivity index (χ3v) is 1.91. The van der Waals surface area contributed by atoms with Gasteiger partial charge in [-0.25, -0.2) is 9.13 Å². The normalized spacial score (nSPS) is 11.1. The summed E-state index contributed by atoms with van der Waals surface area (Å²) in [6, 6.07) is 0. The van der Waals surface area contributed by atoms with Crippen LogP contribution in [-0.2, 0) is 29.5 Å². The molecule has 12 heavy (non-hydrogen) atoms. The molecule has 76 valence electrons. The van der Waals surface area contributed by atoms with E-state index in [9.17, 15) is 9.13 Å². The Hall–Kier alpha value is 0.269. The molecular formula is CH4CuNO7P2. The van der Waals surface area contributed by atoms with Crippen LogP contribution >= 0.6 is 15.6 Å². The van der Waals surface area contributed by atoms with Crippen LogP contribution in [0, 0.1) is 10.2 Å². The molecule has 0 aromatic rings. The van der Waals surface area contributed by atoms with Gasteiger partial charge >= 0.3 is 41.9 Å². The largest absolute Gasteiger partial charge is 0.478 e. The molecule has 0 unspecified atom stereocenters. The van der Waals surface area contributed by atoms with E-state index < -0.39 is 15.6 Å². The van der Waals surface area contributed by atoms with Crippen molar-refractivity contribution in [3.8, 4) is 4.97 Å². The molecule has 0 saturated heterocycles. The molecule has 0 spiro atoms. The minimum Gasteiger partial charge on any atom is -0.302 e. The van der Waals surface area contributed by atoms with Crippen molar-refractivity contribution in [3.05, 3.63) is 0 Å². The molecule has 4 N–H and O–H groups in total. The van der Waals surface area contributed by atoms with Crippen molar-refractivity contribution in [2.75, 3.05) is 0 Å². The molecule has 0 atom stereocenters. The summed E-state index contributed by atoms with van der Waals surface area (Å²) in [5.74, 6) is 0. The summed E-state index contributed by atoms with van der Waals surface area (Å²) in [6.45, 7) is 0. The standard InChI is InChI=1S/CN.Cu.H4O7P2/c1-2;;1-8(2,3)7-9(4,5)6/h;;(H2,1,2,3)(H2,4,5,6). The van der Waals surface area contributed by atoms with Crippen molar-refractivity contribution >= 4 is 15.6 Å². The Morgan fingerprint density at radius 1 is 1.17 bits per heavy atom. The van der Waals surface area contributed by atoms with Crippen molar-refractivity contribution < 1.29 is 49.0 Å². The van der Waals surface area contributed by atoms with Gasteiger partial charge in [-0.3, -0.25) is 0 Å². The molecule has 0 rings (SSSR count). The van der Waals surface area contributed by atoms with Crippen LogP contribution in [0.3, 0.4) is 0 Å². The minimum atomic E-state index is -5.05. The average molecular weight is 268 g/mol. The number of hydrogen-bond donors (Lipinski definition) is 4. The van der Waals surface area contributed by atoms with Crippen molar-refractivity contribution in [1.82, 2.24) is 0 Å². The van der Waals surface area contributed by atoms with Crippen LogP contribution in [0.5, 0.6) is 0 Å². The molecule has 0 bridgehead atoms. The number of rotatable bonds is 2. The molecular weight excluding hydrogens is 264 g/mol. The molecule has 0 saturated carbocycles. The molecule has 0 aromatic carbocycles. The average Bonchev–Trinajstić information content (AvgIpc) is 1.53. The first-order chi connectivity index (χ1) is 5.12. The molecule has 0 aliphatic heterocycles. The molecule has 0 aliphatic rings. The second-order valence-corrected chi connectivity index (χ2v) is 3.96. The van der Waals surface area contributed by atoms with E-state index in [2.05, 4.69) is 20.3 Å². The van der Waals surface area contributed by atoms with Gasteiger partial charge in [0.2, 0.25) is 0 Å². The zero-order valence-electron chi connectivity index (χ0n) is 5.16. The van der Waals surface area contributed by atoms with Gasteiger partial charge in [-0.05, 0) is 0 Å². The van der Waals surface area contributed by atoms with E-state index in [-0.39, 0.29) is 0 Å². The topological polar surface area (TPSA) is 148 Å². The van der Waals surface area contributed by atoms with Gasteiger partial charge in [0.15, 0.2) is 0 Å². The van der Waals surface area contributed by atoms with Crippen LogP contribution < -0.4 is 0 Å². The van der Waals surface area contributed by atoms with Crippen LogP contribution in [0.15, 0.2) is 0 Å². The van der Waals surface area contributed by atoms with Gasteiger partial charge in [0.05, 0.1) is 0 Å². The predicted octanol–water partition coefficient (Wildman–Crippen LogP) is -0.797. The number of nitriles is 1. The fourth-order valence-corrected chi connectivity index (χ4v) is 1.25. The van der Waals surface area contributed by atoms with Gasteiger partial charge in [-0.1, -0.05) is 0 Å². The maximum Gasteiger partial charge on any atom is 0.478 e. The summed E-state index contributed by atoms with van der Waals surface area (Å²) in [4.78, 5) is 32.3. The van der Waals surface area contributed by atoms with E-state index in [1.807, 2.05) is 0 Å². The predicted molar refractivity (Wildman–Crippen MR) is 30.8 cm³/mol. The number of nitrogens with zero attached hydrogens (tertiary/aromatic N) is 1. The van der Waals surface area contributed by atoms with Crippen LogP contribution in [0.4, 0.5) is 0 Å². The Balaban J connectivity index is 0. The Morgan fingerprint density at radius 2 is 1.33 bits per heavy atom. The van der Waals surface area contributed by atoms with Crippen molar-refractivity contribution in [2.24, 2.45) is 0 Å². The molecule has 0 fully saturated rings. The first-order valence-corrected chi connectivity index (χ1v) is 5.44. The van der Waals surface area contributed by atoms with Crippen molar-refractivity contribution in [2.45, 2.75) is 0 Å². The van der Waals surface area contributed by atoms with Crippen LogP contribution in [0.1, 0.15) is 0 Å². The van der Waals surface area contributed by atoms with E-state index in [1.165, 1.54) is 4.97 Å². The minimum absolute atomic E-state index is 1.31. The first-order valence-electron chi connectivity index (χ1n) is 1.90. The smallest absolute Gasteiger partial charge is 0.302 e. The summed E-state index contributed by atoms with van der Waals surface area (Å²) in [5.41, 5.74) is 0. The maximum absolute atomic E-state index is 9.63. The second-order valence-electron chi connectivity index (χ2n) is 1.13. The summed E-state index contributed by atoms with van der Waals surface area (Å²) in [7, 11) is -10.1. The number of phosphoric acid groups is 2. The van der Waals surface area contributed by atoms with Gasteiger partial charge < -0.3 is 19.6 Å². The molecule has 11 heteroatoms. The molecule has 8 nitrogen and oxygen atoms in total. The first kappa shape index (κ1) is 14.8. The quantitative estimate of drug-likeness (QED) is 0.375. The van der Waals surface area contributed by atoms with Crippen LogP contribution in [-0.4, -0.2) is 19.6 Å². The second kappa shape index (κ2) is 5.84. The van der Waals surface area contributed by atoms with Crippen LogP contribution in [0.2, 0.25) is 0 Å². The molecule has 0 heterocycles. The maximum atomic E-state index is 9.63. The van der Waals surface area contributed by atoms with Crippen molar-refractivity contribution in [3.63, 3.8) is 0 Å². The van der Waals surface area contributed by atoms with Gasteiger partial charge in [0.1, 0.15) is 0 Å². The summed E-state index contributed by atoms with van der Waals surface area (Å²) in [5, 5.41) is 7.12. The zero-order valence-corrected chi connectivity index (χ0v) is 7.89. The molecule has 0 aromatic heterocycles. The number of hydrogen-bond acceptors (Lipinski definition) is 4. The van der Waals surface area contributed by atoms with E-state index in [1.54, 1.807) is 0 Å². The summed E-state index contributed by atoms with van der Waals surface area (Å²) < 4.78 is 22.2. The fraction of sp³-hybridized carbons (Fsp3) is 0. The third kappa shape index (κ3) is 22.4.